The Hall–Kier alpha value is -2.22. The van der Waals surface area contributed by atoms with Gasteiger partial charge >= 0.3 is 0 Å². The molecule has 0 aliphatic rings. The molecule has 0 radical (unpaired) electrons. The van der Waals surface area contributed by atoms with Crippen molar-refractivity contribution in [2.75, 3.05) is 0 Å². The van der Waals surface area contributed by atoms with E-state index in [0.29, 0.717) is 4.47 Å². The zero-order chi connectivity index (χ0) is 13.8. The summed E-state index contributed by atoms with van der Waals surface area (Å²) in [7, 11) is 0. The number of nitrogens with zero attached hydrogens (tertiary/aromatic N) is 3. The highest BCUT2D eigenvalue weighted by Gasteiger charge is 2.07. The van der Waals surface area contributed by atoms with Gasteiger partial charge in [0.2, 0.25) is 5.88 Å². The summed E-state index contributed by atoms with van der Waals surface area (Å²) in [5.41, 5.74) is 5.52. The molecule has 98 valence electrons. The summed E-state index contributed by atoms with van der Waals surface area (Å²) in [5.74, 6) is -0.588. The third kappa shape index (κ3) is 3.16. The van der Waals surface area contributed by atoms with Gasteiger partial charge in [0, 0.05) is 4.47 Å². The molecule has 8 heteroatoms. The lowest BCUT2D eigenvalue weighted by atomic mass is 10.3. The molecule has 1 heterocycles. The molecule has 19 heavy (non-hydrogen) atoms. The standard InChI is InChI=1S/C11H8BrFN4O2/c12-6-1-2-9(7(13)3-6)19-10-5-15-8(4-16-10)11(14)17-18/h1-5,18H,(H2,14,17). The van der Waals surface area contributed by atoms with Crippen molar-refractivity contribution in [2.45, 2.75) is 0 Å². The average Bonchev–Trinajstić information content (AvgIpc) is 2.42. The van der Waals surface area contributed by atoms with Crippen molar-refractivity contribution in [1.82, 2.24) is 9.97 Å². The Morgan fingerprint density at radius 3 is 2.74 bits per heavy atom. The summed E-state index contributed by atoms with van der Waals surface area (Å²) in [6.45, 7) is 0. The van der Waals surface area contributed by atoms with E-state index in [1.165, 1.54) is 24.5 Å². The highest BCUT2D eigenvalue weighted by Crippen LogP contribution is 2.25. The molecule has 3 N–H and O–H groups in total. The maximum atomic E-state index is 13.5. The van der Waals surface area contributed by atoms with Crippen LogP contribution in [0.5, 0.6) is 11.6 Å². The Balaban J connectivity index is 2.20. The normalized spacial score (nSPS) is 11.4. The number of rotatable bonds is 3. The van der Waals surface area contributed by atoms with Gasteiger partial charge in [-0.25, -0.2) is 14.4 Å². The molecule has 0 saturated heterocycles. The van der Waals surface area contributed by atoms with Gasteiger partial charge in [0.25, 0.3) is 0 Å². The first-order valence-corrected chi connectivity index (χ1v) is 5.82. The first-order chi connectivity index (χ1) is 9.10. The number of halogens is 2. The van der Waals surface area contributed by atoms with Gasteiger partial charge in [-0.05, 0) is 18.2 Å². The predicted molar refractivity (Wildman–Crippen MR) is 68.7 cm³/mol. The Morgan fingerprint density at radius 1 is 1.37 bits per heavy atom. The Morgan fingerprint density at radius 2 is 2.16 bits per heavy atom. The Kier molecular flexibility index (Phi) is 3.91. The molecule has 0 amide bonds. The SMILES string of the molecule is NC(=NO)c1cnc(Oc2ccc(Br)cc2F)cn1. The smallest absolute Gasteiger partial charge is 0.238 e. The fraction of sp³-hybridized carbons (Fsp3) is 0. The second kappa shape index (κ2) is 5.61. The van der Waals surface area contributed by atoms with Crippen LogP contribution in [0.15, 0.2) is 40.2 Å². The first kappa shape index (κ1) is 13.2. The number of amidine groups is 1. The fourth-order valence-electron chi connectivity index (χ4n) is 1.22. The lowest BCUT2D eigenvalue weighted by Gasteiger charge is -2.06. The topological polar surface area (TPSA) is 93.6 Å². The van der Waals surface area contributed by atoms with Crippen LogP contribution in [0.1, 0.15) is 5.69 Å². The zero-order valence-electron chi connectivity index (χ0n) is 9.42. The summed E-state index contributed by atoms with van der Waals surface area (Å²) >= 11 is 3.14. The Labute approximate surface area is 115 Å². The van der Waals surface area contributed by atoms with E-state index in [9.17, 15) is 4.39 Å². The van der Waals surface area contributed by atoms with E-state index < -0.39 is 5.82 Å². The summed E-state index contributed by atoms with van der Waals surface area (Å²) in [4.78, 5) is 7.73. The number of nitrogens with two attached hydrogens (primary N) is 1. The number of oxime groups is 1. The van der Waals surface area contributed by atoms with Gasteiger partial charge in [0.05, 0.1) is 12.4 Å². The van der Waals surface area contributed by atoms with E-state index in [1.54, 1.807) is 6.07 Å². The van der Waals surface area contributed by atoms with Crippen LogP contribution in [0.25, 0.3) is 0 Å². The van der Waals surface area contributed by atoms with Gasteiger partial charge in [-0.1, -0.05) is 21.1 Å². The van der Waals surface area contributed by atoms with Gasteiger partial charge in [0.1, 0.15) is 5.69 Å². The average molecular weight is 327 g/mol. The van der Waals surface area contributed by atoms with Gasteiger partial charge in [-0.2, -0.15) is 0 Å². The van der Waals surface area contributed by atoms with Crippen molar-refractivity contribution < 1.29 is 14.3 Å². The van der Waals surface area contributed by atoms with Gasteiger partial charge in [0.15, 0.2) is 17.4 Å². The van der Waals surface area contributed by atoms with Crippen LogP contribution in [0.3, 0.4) is 0 Å². The van der Waals surface area contributed by atoms with Crippen molar-refractivity contribution in [2.24, 2.45) is 10.9 Å². The molecule has 0 spiro atoms. The van der Waals surface area contributed by atoms with Crippen molar-refractivity contribution in [1.29, 1.82) is 0 Å². The number of ether oxygens (including phenoxy) is 1. The van der Waals surface area contributed by atoms with Crippen LogP contribution in [-0.4, -0.2) is 21.0 Å². The molecule has 0 saturated carbocycles. The molecule has 0 bridgehead atoms. The van der Waals surface area contributed by atoms with Crippen LogP contribution in [0.4, 0.5) is 4.39 Å². The molecular formula is C11H8BrFN4O2. The minimum atomic E-state index is -0.531. The maximum Gasteiger partial charge on any atom is 0.238 e. The summed E-state index contributed by atoms with van der Waals surface area (Å²) < 4.78 is 19.3. The molecule has 6 nitrogen and oxygen atoms in total. The fourth-order valence-corrected chi connectivity index (χ4v) is 1.56. The van der Waals surface area contributed by atoms with Crippen LogP contribution in [0, 0.1) is 5.82 Å². The molecule has 0 atom stereocenters. The minimum absolute atomic E-state index is 0.0223. The number of hydrogen-bond acceptors (Lipinski definition) is 5. The van der Waals surface area contributed by atoms with Crippen molar-refractivity contribution >= 4 is 21.8 Å². The highest BCUT2D eigenvalue weighted by molar-refractivity contribution is 9.10. The van der Waals surface area contributed by atoms with Crippen molar-refractivity contribution in [3.8, 4) is 11.6 Å². The van der Waals surface area contributed by atoms with E-state index >= 15 is 0 Å². The van der Waals surface area contributed by atoms with Crippen LogP contribution >= 0.6 is 15.9 Å². The molecule has 0 fully saturated rings. The van der Waals surface area contributed by atoms with Gasteiger partial charge in [-0.15, -0.1) is 0 Å². The lowest BCUT2D eigenvalue weighted by Crippen LogP contribution is -2.15. The summed E-state index contributed by atoms with van der Waals surface area (Å²) in [6, 6.07) is 4.36. The van der Waals surface area contributed by atoms with E-state index in [1.807, 2.05) is 0 Å². The molecule has 2 aromatic rings. The van der Waals surface area contributed by atoms with E-state index in [2.05, 4.69) is 31.1 Å². The zero-order valence-corrected chi connectivity index (χ0v) is 11.0. The van der Waals surface area contributed by atoms with Crippen LogP contribution in [0.2, 0.25) is 0 Å². The van der Waals surface area contributed by atoms with E-state index in [0.717, 1.165) is 0 Å². The third-order valence-electron chi connectivity index (χ3n) is 2.11. The third-order valence-corrected chi connectivity index (χ3v) is 2.60. The second-order valence-electron chi connectivity index (χ2n) is 3.40. The minimum Gasteiger partial charge on any atom is -0.434 e. The molecule has 1 aromatic heterocycles. The first-order valence-electron chi connectivity index (χ1n) is 5.03. The lowest BCUT2D eigenvalue weighted by molar-refractivity contribution is 0.318. The molecule has 0 aliphatic carbocycles. The number of aromatic nitrogens is 2. The number of benzene rings is 1. The predicted octanol–water partition coefficient (Wildman–Crippen LogP) is 2.26. The molecule has 0 unspecified atom stereocenters. The molecule has 2 rings (SSSR count). The quantitative estimate of drug-likeness (QED) is 0.390. The summed E-state index contributed by atoms with van der Waals surface area (Å²) in [6.07, 6.45) is 2.50. The van der Waals surface area contributed by atoms with Crippen LogP contribution in [-0.2, 0) is 0 Å². The van der Waals surface area contributed by atoms with Gasteiger partial charge in [-0.3, -0.25) is 0 Å². The highest BCUT2D eigenvalue weighted by atomic mass is 79.9. The number of hydrogen-bond donors (Lipinski definition) is 2. The largest absolute Gasteiger partial charge is 0.434 e. The van der Waals surface area contributed by atoms with E-state index in [-0.39, 0.29) is 23.2 Å². The van der Waals surface area contributed by atoms with E-state index in [4.69, 9.17) is 15.7 Å². The maximum absolute atomic E-state index is 13.5. The van der Waals surface area contributed by atoms with Gasteiger partial charge < -0.3 is 15.7 Å². The Bertz CT molecular complexity index is 619. The molecular weight excluding hydrogens is 319 g/mol. The molecule has 0 aliphatic heterocycles. The monoisotopic (exact) mass is 326 g/mol. The second-order valence-corrected chi connectivity index (χ2v) is 4.32. The van der Waals surface area contributed by atoms with Crippen LogP contribution < -0.4 is 10.5 Å². The molecule has 1 aromatic carbocycles. The van der Waals surface area contributed by atoms with Crippen molar-refractivity contribution in [3.05, 3.63) is 46.6 Å². The van der Waals surface area contributed by atoms with Crippen molar-refractivity contribution in [3.63, 3.8) is 0 Å². The summed E-state index contributed by atoms with van der Waals surface area (Å²) in [5, 5.41) is 11.2.